The summed E-state index contributed by atoms with van der Waals surface area (Å²) in [5.74, 6) is 0. The van der Waals surface area contributed by atoms with Gasteiger partial charge in [0.05, 0.1) is 0 Å². The Morgan fingerprint density at radius 3 is 1.80 bits per heavy atom. The minimum Gasteiger partial charge on any atom is -0.0561 e. The van der Waals surface area contributed by atoms with E-state index in [1.54, 1.807) is 0 Å². The van der Waals surface area contributed by atoms with Crippen LogP contribution in [0.5, 0.6) is 0 Å². The van der Waals surface area contributed by atoms with E-state index in [4.69, 9.17) is 0 Å². The minimum absolute atomic E-state index is 1.17. The van der Waals surface area contributed by atoms with E-state index in [0.29, 0.717) is 0 Å². The molecule has 0 unspecified atom stereocenters. The molecule has 0 heterocycles. The van der Waals surface area contributed by atoms with Crippen LogP contribution in [0.15, 0.2) is 12.1 Å². The van der Waals surface area contributed by atoms with E-state index >= 15 is 0 Å². The van der Waals surface area contributed by atoms with Gasteiger partial charge in [0.1, 0.15) is 0 Å². The summed E-state index contributed by atoms with van der Waals surface area (Å²) in [6.07, 6.45) is 0. The number of benzene rings is 1. The molecule has 0 heteroatoms. The Morgan fingerprint density at radius 1 is 1.00 bits per heavy atom. The van der Waals surface area contributed by atoms with E-state index in [0.717, 1.165) is 0 Å². The Hall–Kier alpha value is -0.780. The highest BCUT2D eigenvalue weighted by atomic mass is 14.0. The van der Waals surface area contributed by atoms with Crippen molar-refractivity contribution < 1.29 is 0 Å². The van der Waals surface area contributed by atoms with Crippen molar-refractivity contribution >= 4 is 0 Å². The zero-order valence-corrected chi connectivity index (χ0v) is 6.86. The summed E-state index contributed by atoms with van der Waals surface area (Å²) in [4.78, 5) is 0. The maximum atomic E-state index is 3.96. The highest BCUT2D eigenvalue weighted by molar-refractivity contribution is 5.38. The quantitative estimate of drug-likeness (QED) is 0.510. The molecular formula is C10H13. The Kier molecular flexibility index (Phi) is 1.80. The smallest absolute Gasteiger partial charge is 0.0233 e. The SMILES string of the molecule is [CH2]c1c(C)cc(C)cc1C. The van der Waals surface area contributed by atoms with Crippen LogP contribution < -0.4 is 0 Å². The van der Waals surface area contributed by atoms with Gasteiger partial charge >= 0.3 is 0 Å². The van der Waals surface area contributed by atoms with E-state index in [1.165, 1.54) is 22.3 Å². The molecular weight excluding hydrogens is 120 g/mol. The highest BCUT2D eigenvalue weighted by Gasteiger charge is 1.96. The molecule has 0 spiro atoms. The Balaban J connectivity index is 3.31. The van der Waals surface area contributed by atoms with Gasteiger partial charge in [-0.25, -0.2) is 0 Å². The predicted octanol–water partition coefficient (Wildman–Crippen LogP) is 2.79. The fraction of sp³-hybridized carbons (Fsp3) is 0.300. The average molecular weight is 133 g/mol. The lowest BCUT2D eigenvalue weighted by atomic mass is 10.0. The first kappa shape index (κ1) is 7.33. The van der Waals surface area contributed by atoms with Crippen LogP contribution >= 0.6 is 0 Å². The average Bonchev–Trinajstić information content (AvgIpc) is 1.82. The summed E-state index contributed by atoms with van der Waals surface area (Å²) >= 11 is 0. The van der Waals surface area contributed by atoms with Gasteiger partial charge in [0.2, 0.25) is 0 Å². The van der Waals surface area contributed by atoms with Crippen LogP contribution in [-0.2, 0) is 0 Å². The molecule has 53 valence electrons. The second-order valence-corrected chi connectivity index (χ2v) is 2.88. The highest BCUT2D eigenvalue weighted by Crippen LogP contribution is 2.13. The fourth-order valence-corrected chi connectivity index (χ4v) is 1.21. The molecule has 0 bridgehead atoms. The van der Waals surface area contributed by atoms with E-state index in [9.17, 15) is 0 Å². The van der Waals surface area contributed by atoms with Gasteiger partial charge in [0.15, 0.2) is 0 Å². The van der Waals surface area contributed by atoms with Gasteiger partial charge in [-0.05, 0) is 44.4 Å². The molecule has 1 aromatic carbocycles. The minimum atomic E-state index is 1.17. The standard InChI is InChI=1S/C10H13/c1-7-5-8(2)10(4)9(3)6-7/h5-6H,4H2,1-3H3. The van der Waals surface area contributed by atoms with Gasteiger partial charge in [0, 0.05) is 0 Å². The van der Waals surface area contributed by atoms with Crippen LogP contribution in [0.3, 0.4) is 0 Å². The van der Waals surface area contributed by atoms with Crippen molar-refractivity contribution in [2.24, 2.45) is 0 Å². The summed E-state index contributed by atoms with van der Waals surface area (Å²) in [7, 11) is 0. The molecule has 0 fully saturated rings. The molecule has 0 nitrogen and oxygen atoms in total. The van der Waals surface area contributed by atoms with Crippen molar-refractivity contribution in [2.75, 3.05) is 0 Å². The zero-order chi connectivity index (χ0) is 7.72. The van der Waals surface area contributed by atoms with Crippen LogP contribution in [0, 0.1) is 27.7 Å². The van der Waals surface area contributed by atoms with E-state index in [2.05, 4.69) is 39.8 Å². The van der Waals surface area contributed by atoms with Crippen molar-refractivity contribution in [3.8, 4) is 0 Å². The van der Waals surface area contributed by atoms with Crippen LogP contribution in [0.25, 0.3) is 0 Å². The van der Waals surface area contributed by atoms with E-state index in [1.807, 2.05) is 0 Å². The first-order valence-electron chi connectivity index (χ1n) is 3.51. The zero-order valence-electron chi connectivity index (χ0n) is 6.86. The molecule has 10 heavy (non-hydrogen) atoms. The normalized spacial score (nSPS) is 10.0. The predicted molar refractivity (Wildman–Crippen MR) is 45.1 cm³/mol. The second-order valence-electron chi connectivity index (χ2n) is 2.88. The number of rotatable bonds is 0. The Bertz CT molecular complexity index is 223. The van der Waals surface area contributed by atoms with Crippen LogP contribution in [0.2, 0.25) is 0 Å². The van der Waals surface area contributed by atoms with Gasteiger partial charge < -0.3 is 0 Å². The summed E-state index contributed by atoms with van der Waals surface area (Å²) in [6, 6.07) is 4.32. The van der Waals surface area contributed by atoms with Crippen molar-refractivity contribution in [2.45, 2.75) is 20.8 Å². The van der Waals surface area contributed by atoms with Crippen LogP contribution in [-0.4, -0.2) is 0 Å². The molecule has 1 rings (SSSR count). The topological polar surface area (TPSA) is 0 Å². The molecule has 0 amide bonds. The third kappa shape index (κ3) is 1.21. The number of aryl methyl sites for hydroxylation is 3. The summed E-state index contributed by atoms with van der Waals surface area (Å²) in [5.41, 5.74) is 5.07. The lowest BCUT2D eigenvalue weighted by molar-refractivity contribution is 1.28. The molecule has 0 aliphatic carbocycles. The van der Waals surface area contributed by atoms with Crippen LogP contribution in [0.1, 0.15) is 22.3 Å². The molecule has 1 radical (unpaired) electrons. The van der Waals surface area contributed by atoms with E-state index in [-0.39, 0.29) is 0 Å². The third-order valence-electron chi connectivity index (χ3n) is 1.84. The Labute approximate surface area is 62.9 Å². The molecule has 0 aromatic heterocycles. The van der Waals surface area contributed by atoms with Gasteiger partial charge in [-0.15, -0.1) is 0 Å². The van der Waals surface area contributed by atoms with Gasteiger partial charge in [-0.3, -0.25) is 0 Å². The fourth-order valence-electron chi connectivity index (χ4n) is 1.21. The maximum absolute atomic E-state index is 3.96. The summed E-state index contributed by atoms with van der Waals surface area (Å²) < 4.78 is 0. The molecule has 0 aliphatic heterocycles. The molecule has 0 atom stereocenters. The number of hydrogen-bond donors (Lipinski definition) is 0. The largest absolute Gasteiger partial charge is 0.0561 e. The van der Waals surface area contributed by atoms with E-state index < -0.39 is 0 Å². The van der Waals surface area contributed by atoms with Crippen molar-refractivity contribution in [1.82, 2.24) is 0 Å². The number of hydrogen-bond acceptors (Lipinski definition) is 0. The first-order valence-corrected chi connectivity index (χ1v) is 3.51. The second kappa shape index (κ2) is 2.45. The molecule has 0 N–H and O–H groups in total. The maximum Gasteiger partial charge on any atom is -0.0233 e. The van der Waals surface area contributed by atoms with Gasteiger partial charge in [0.25, 0.3) is 0 Å². The lowest BCUT2D eigenvalue weighted by Gasteiger charge is -2.04. The van der Waals surface area contributed by atoms with Gasteiger partial charge in [-0.2, -0.15) is 0 Å². The summed E-state index contributed by atoms with van der Waals surface area (Å²) in [5, 5.41) is 0. The Morgan fingerprint density at radius 2 is 1.40 bits per heavy atom. The monoisotopic (exact) mass is 133 g/mol. The molecule has 0 aliphatic rings. The van der Waals surface area contributed by atoms with Crippen molar-refractivity contribution in [3.05, 3.63) is 41.3 Å². The molecule has 1 aromatic rings. The van der Waals surface area contributed by atoms with Crippen LogP contribution in [0.4, 0.5) is 0 Å². The molecule has 0 saturated carbocycles. The lowest BCUT2D eigenvalue weighted by Crippen LogP contribution is -1.86. The third-order valence-corrected chi connectivity index (χ3v) is 1.84. The van der Waals surface area contributed by atoms with Crippen molar-refractivity contribution in [3.63, 3.8) is 0 Å². The van der Waals surface area contributed by atoms with Crippen molar-refractivity contribution in [1.29, 1.82) is 0 Å². The first-order chi connectivity index (χ1) is 4.61. The summed E-state index contributed by atoms with van der Waals surface area (Å²) in [6.45, 7) is 10.3. The van der Waals surface area contributed by atoms with Gasteiger partial charge in [-0.1, -0.05) is 17.7 Å². The molecule has 0 saturated heterocycles.